The van der Waals surface area contributed by atoms with Crippen LogP contribution in [-0.4, -0.2) is 6.67 Å². The maximum Gasteiger partial charge on any atom is 0.0991 e. The average Bonchev–Trinajstić information content (AvgIpc) is 2.81. The summed E-state index contributed by atoms with van der Waals surface area (Å²) in [5.74, 6) is 3.64. The van der Waals surface area contributed by atoms with Gasteiger partial charge in [-0.3, -0.25) is 4.39 Å². The van der Waals surface area contributed by atoms with E-state index in [1.165, 1.54) is 63.4 Å². The van der Waals surface area contributed by atoms with Gasteiger partial charge in [0, 0.05) is 0 Å². The lowest BCUT2D eigenvalue weighted by Gasteiger charge is -2.37. The first-order valence-corrected chi connectivity index (χ1v) is 12.5. The van der Waals surface area contributed by atoms with Crippen LogP contribution in [-0.2, 0) is 6.42 Å². The second-order valence-corrected chi connectivity index (χ2v) is 9.77. The molecule has 1 aromatic carbocycles. The van der Waals surface area contributed by atoms with Crippen molar-refractivity contribution in [2.75, 3.05) is 6.67 Å². The highest BCUT2D eigenvalue weighted by Crippen LogP contribution is 2.42. The van der Waals surface area contributed by atoms with E-state index >= 15 is 0 Å². The minimum atomic E-state index is -0.160. The van der Waals surface area contributed by atoms with Crippen LogP contribution in [0.3, 0.4) is 0 Å². The van der Waals surface area contributed by atoms with Crippen LogP contribution in [0.1, 0.15) is 94.6 Å². The van der Waals surface area contributed by atoms with Gasteiger partial charge in [-0.05, 0) is 112 Å². The van der Waals surface area contributed by atoms with Gasteiger partial charge in [0.2, 0.25) is 0 Å². The lowest BCUT2D eigenvalue weighted by atomic mass is 9.68. The van der Waals surface area contributed by atoms with Gasteiger partial charge in [0.15, 0.2) is 0 Å². The zero-order valence-corrected chi connectivity index (χ0v) is 18.7. The molecule has 30 heavy (non-hydrogen) atoms. The number of benzene rings is 1. The van der Waals surface area contributed by atoms with Crippen molar-refractivity contribution >= 4 is 0 Å². The molecule has 2 saturated carbocycles. The number of rotatable bonds is 10. The predicted molar refractivity (Wildman–Crippen MR) is 124 cm³/mol. The first-order valence-electron chi connectivity index (χ1n) is 12.5. The van der Waals surface area contributed by atoms with Crippen molar-refractivity contribution in [2.24, 2.45) is 23.7 Å². The third-order valence-electron chi connectivity index (χ3n) is 7.71. The molecule has 2 aliphatic rings. The Balaban J connectivity index is 1.29. The monoisotopic (exact) mass is 409 g/mol. The molecular weight excluding hydrogens is 369 g/mol. The van der Waals surface area contributed by atoms with Crippen molar-refractivity contribution in [3.63, 3.8) is 0 Å². The Morgan fingerprint density at radius 3 is 2.17 bits per heavy atom. The fourth-order valence-corrected chi connectivity index (χ4v) is 5.70. The van der Waals surface area contributed by atoms with Crippen molar-refractivity contribution in [2.45, 2.75) is 89.9 Å². The maximum absolute atomic E-state index is 12.1. The molecule has 164 valence electrons. The molecule has 1 nitrogen and oxygen atoms in total. The standard InChI is InChI=1S/C28H40FN/c29-21-5-3-1-2-4-6-23-13-17-27(18-14-23)28-19-15-25(16-20-28)8-7-24-9-11-26(22-30)12-10-24/h4,6,9-12,23,25,27-28H,1-3,5,7-8,13-21H2. The summed E-state index contributed by atoms with van der Waals surface area (Å²) >= 11 is 0. The summed E-state index contributed by atoms with van der Waals surface area (Å²) < 4.78 is 12.1. The number of unbranched alkanes of at least 4 members (excludes halogenated alkanes) is 3. The van der Waals surface area contributed by atoms with Crippen LogP contribution in [0.15, 0.2) is 36.4 Å². The average molecular weight is 410 g/mol. The van der Waals surface area contributed by atoms with E-state index in [0.29, 0.717) is 0 Å². The number of aryl methyl sites for hydroxylation is 1. The van der Waals surface area contributed by atoms with Crippen LogP contribution in [0.5, 0.6) is 0 Å². The van der Waals surface area contributed by atoms with Crippen molar-refractivity contribution in [3.8, 4) is 6.07 Å². The molecule has 0 spiro atoms. The first kappa shape index (κ1) is 23.1. The minimum Gasteiger partial charge on any atom is -0.251 e. The third-order valence-corrected chi connectivity index (χ3v) is 7.71. The summed E-state index contributed by atoms with van der Waals surface area (Å²) in [6.07, 6.45) is 22.7. The van der Waals surface area contributed by atoms with Crippen LogP contribution >= 0.6 is 0 Å². The van der Waals surface area contributed by atoms with Gasteiger partial charge < -0.3 is 0 Å². The zero-order valence-electron chi connectivity index (χ0n) is 18.7. The normalized spacial score (nSPS) is 27.2. The highest BCUT2D eigenvalue weighted by Gasteiger charge is 2.30. The number of alkyl halides is 1. The van der Waals surface area contributed by atoms with Gasteiger partial charge in [0.25, 0.3) is 0 Å². The van der Waals surface area contributed by atoms with Crippen LogP contribution in [0, 0.1) is 35.0 Å². The maximum atomic E-state index is 12.1. The Hall–Kier alpha value is -1.62. The van der Waals surface area contributed by atoms with E-state index in [4.69, 9.17) is 5.26 Å². The quantitative estimate of drug-likeness (QED) is 0.282. The highest BCUT2D eigenvalue weighted by molar-refractivity contribution is 5.31. The predicted octanol–water partition coefficient (Wildman–Crippen LogP) is 8.19. The molecule has 0 radical (unpaired) electrons. The van der Waals surface area contributed by atoms with Crippen LogP contribution in [0.4, 0.5) is 4.39 Å². The molecule has 0 N–H and O–H groups in total. The second kappa shape index (κ2) is 12.9. The molecule has 0 heterocycles. The number of hydrogen-bond donors (Lipinski definition) is 0. The molecule has 1 aromatic rings. The highest BCUT2D eigenvalue weighted by atomic mass is 19.1. The van der Waals surface area contributed by atoms with Crippen molar-refractivity contribution in [1.29, 1.82) is 5.26 Å². The largest absolute Gasteiger partial charge is 0.251 e. The van der Waals surface area contributed by atoms with E-state index in [-0.39, 0.29) is 6.67 Å². The van der Waals surface area contributed by atoms with Gasteiger partial charge in [-0.2, -0.15) is 5.26 Å². The fraction of sp³-hybridized carbons (Fsp3) is 0.679. The number of allylic oxidation sites excluding steroid dienone is 2. The fourth-order valence-electron chi connectivity index (χ4n) is 5.70. The van der Waals surface area contributed by atoms with Gasteiger partial charge in [-0.25, -0.2) is 0 Å². The summed E-state index contributed by atoms with van der Waals surface area (Å²) in [6, 6.07) is 10.4. The minimum absolute atomic E-state index is 0.160. The molecule has 0 bridgehead atoms. The van der Waals surface area contributed by atoms with Gasteiger partial charge in [-0.15, -0.1) is 0 Å². The van der Waals surface area contributed by atoms with E-state index in [0.717, 1.165) is 61.3 Å². The lowest BCUT2D eigenvalue weighted by Crippen LogP contribution is -2.25. The van der Waals surface area contributed by atoms with Crippen molar-refractivity contribution in [3.05, 3.63) is 47.5 Å². The summed E-state index contributed by atoms with van der Waals surface area (Å²) in [5.41, 5.74) is 2.14. The third kappa shape index (κ3) is 7.57. The summed E-state index contributed by atoms with van der Waals surface area (Å²) in [6.45, 7) is -0.160. The van der Waals surface area contributed by atoms with E-state index < -0.39 is 0 Å². The van der Waals surface area contributed by atoms with E-state index in [2.05, 4.69) is 30.4 Å². The molecule has 3 rings (SSSR count). The smallest absolute Gasteiger partial charge is 0.0991 e. The summed E-state index contributed by atoms with van der Waals surface area (Å²) in [4.78, 5) is 0. The van der Waals surface area contributed by atoms with Crippen LogP contribution in [0.2, 0.25) is 0 Å². The SMILES string of the molecule is N#Cc1ccc(CCC2CCC(C3CCC(C=CCCCCCF)CC3)CC2)cc1. The molecule has 0 amide bonds. The molecule has 0 aliphatic heterocycles. The van der Waals surface area contributed by atoms with Crippen molar-refractivity contribution in [1.82, 2.24) is 0 Å². The molecule has 2 heteroatoms. The van der Waals surface area contributed by atoms with Gasteiger partial charge in [-0.1, -0.05) is 43.5 Å². The van der Waals surface area contributed by atoms with Gasteiger partial charge >= 0.3 is 0 Å². The first-order chi connectivity index (χ1) is 14.8. The molecule has 0 unspecified atom stereocenters. The van der Waals surface area contributed by atoms with Crippen LogP contribution in [0.25, 0.3) is 0 Å². The molecule has 0 aromatic heterocycles. The molecule has 0 saturated heterocycles. The number of nitrogens with zero attached hydrogens (tertiary/aromatic N) is 1. The number of hydrogen-bond acceptors (Lipinski definition) is 1. The summed E-state index contributed by atoms with van der Waals surface area (Å²) in [5, 5.41) is 8.92. The Bertz CT molecular complexity index is 655. The molecular formula is C28H40FN. The van der Waals surface area contributed by atoms with Crippen molar-refractivity contribution < 1.29 is 4.39 Å². The Labute approximate surface area is 183 Å². The van der Waals surface area contributed by atoms with E-state index in [9.17, 15) is 4.39 Å². The second-order valence-electron chi connectivity index (χ2n) is 9.77. The number of halogens is 1. The Morgan fingerprint density at radius 1 is 0.867 bits per heavy atom. The lowest BCUT2D eigenvalue weighted by molar-refractivity contribution is 0.152. The van der Waals surface area contributed by atoms with Gasteiger partial charge in [0.1, 0.15) is 0 Å². The topological polar surface area (TPSA) is 23.8 Å². The molecule has 2 aliphatic carbocycles. The zero-order chi connectivity index (χ0) is 21.0. The van der Waals surface area contributed by atoms with E-state index in [1.807, 2.05) is 12.1 Å². The van der Waals surface area contributed by atoms with E-state index in [1.54, 1.807) is 0 Å². The number of nitriles is 1. The summed E-state index contributed by atoms with van der Waals surface area (Å²) in [7, 11) is 0. The Morgan fingerprint density at radius 2 is 1.53 bits per heavy atom. The molecule has 2 fully saturated rings. The molecule has 0 atom stereocenters. The van der Waals surface area contributed by atoms with Crippen LogP contribution < -0.4 is 0 Å². The Kier molecular flexibility index (Phi) is 9.94. The van der Waals surface area contributed by atoms with Gasteiger partial charge in [0.05, 0.1) is 18.3 Å².